The molecule has 0 saturated carbocycles. The normalized spacial score (nSPS) is 26.4. The molecule has 4 aliphatic rings. The number of rotatable bonds is 4. The van der Waals surface area contributed by atoms with Gasteiger partial charge in [-0.05, 0) is 44.4 Å². The summed E-state index contributed by atoms with van der Waals surface area (Å²) in [4.78, 5) is 56.7. The lowest BCUT2D eigenvalue weighted by molar-refractivity contribution is -0.145. The third-order valence-corrected chi connectivity index (χ3v) is 7.18. The Morgan fingerprint density at radius 1 is 0.941 bits per heavy atom. The molecule has 3 fully saturated rings. The van der Waals surface area contributed by atoms with Crippen LogP contribution in [0.5, 0.6) is 11.5 Å². The van der Waals surface area contributed by atoms with Crippen LogP contribution in [-0.4, -0.2) is 101 Å². The fourth-order valence-corrected chi connectivity index (χ4v) is 5.43. The van der Waals surface area contributed by atoms with Gasteiger partial charge in [0.1, 0.15) is 12.7 Å². The number of benzene rings is 1. The second-order valence-corrected chi connectivity index (χ2v) is 9.42. The summed E-state index contributed by atoms with van der Waals surface area (Å²) in [6.07, 6.45) is 2.33. The molecule has 4 aliphatic heterocycles. The minimum absolute atomic E-state index is 0.0200. The first-order valence-corrected chi connectivity index (χ1v) is 12.0. The van der Waals surface area contributed by atoms with Gasteiger partial charge in [0.05, 0.1) is 6.04 Å². The van der Waals surface area contributed by atoms with Gasteiger partial charge in [-0.15, -0.1) is 0 Å². The van der Waals surface area contributed by atoms with Crippen molar-refractivity contribution < 1.29 is 28.7 Å². The number of urea groups is 1. The number of fused-ring (bicyclic) bond motifs is 1. The fourth-order valence-electron chi connectivity index (χ4n) is 5.43. The Morgan fingerprint density at radius 3 is 2.32 bits per heavy atom. The maximum atomic E-state index is 13.2. The van der Waals surface area contributed by atoms with Crippen LogP contribution in [0.3, 0.4) is 0 Å². The molecule has 0 aromatic heterocycles. The zero-order chi connectivity index (χ0) is 23.8. The lowest BCUT2D eigenvalue weighted by Gasteiger charge is -2.39. The van der Waals surface area contributed by atoms with Gasteiger partial charge >= 0.3 is 17.8 Å². The highest BCUT2D eigenvalue weighted by molar-refractivity contribution is 6.44. The molecule has 34 heavy (non-hydrogen) atoms. The third kappa shape index (κ3) is 4.22. The molecule has 4 heterocycles. The van der Waals surface area contributed by atoms with Crippen LogP contribution in [0.25, 0.3) is 0 Å². The molecule has 5 rings (SSSR count). The van der Waals surface area contributed by atoms with Crippen molar-refractivity contribution in [3.63, 3.8) is 0 Å². The molecule has 3 saturated heterocycles. The van der Waals surface area contributed by atoms with Gasteiger partial charge < -0.3 is 14.4 Å². The number of nitrogens with zero attached hydrogens (tertiary/aromatic N) is 4. The van der Waals surface area contributed by atoms with Crippen molar-refractivity contribution in [2.75, 3.05) is 39.3 Å². The Labute approximate surface area is 198 Å². The number of hydrogen-bond acceptors (Lipinski definition) is 7. The van der Waals surface area contributed by atoms with Crippen molar-refractivity contribution in [1.82, 2.24) is 19.6 Å². The van der Waals surface area contributed by atoms with E-state index in [0.717, 1.165) is 23.6 Å². The summed E-state index contributed by atoms with van der Waals surface area (Å²) in [5, 5.41) is 0. The molecule has 0 bridgehead atoms. The molecule has 10 nitrogen and oxygen atoms in total. The average Bonchev–Trinajstić information content (AvgIpc) is 3.07. The van der Waals surface area contributed by atoms with E-state index in [2.05, 4.69) is 4.90 Å². The minimum Gasteiger partial charge on any atom is -0.486 e. The maximum absolute atomic E-state index is 13.2. The van der Waals surface area contributed by atoms with E-state index in [1.165, 1.54) is 11.8 Å². The third-order valence-electron chi connectivity index (χ3n) is 7.18. The molecule has 1 aromatic carbocycles. The maximum Gasteiger partial charge on any atom is 0.334 e. The Balaban J connectivity index is 1.21. The van der Waals surface area contributed by atoms with E-state index in [1.807, 2.05) is 24.3 Å². The summed E-state index contributed by atoms with van der Waals surface area (Å²) in [6, 6.07) is 6.34. The monoisotopic (exact) mass is 470 g/mol. The van der Waals surface area contributed by atoms with Gasteiger partial charge in [-0.1, -0.05) is 12.1 Å². The van der Waals surface area contributed by atoms with E-state index in [1.54, 1.807) is 4.90 Å². The van der Waals surface area contributed by atoms with Crippen molar-refractivity contribution in [2.45, 2.75) is 50.8 Å². The largest absolute Gasteiger partial charge is 0.486 e. The molecule has 2 unspecified atom stereocenters. The number of hydrogen-bond donors (Lipinski definition) is 0. The van der Waals surface area contributed by atoms with Crippen LogP contribution in [0.15, 0.2) is 24.3 Å². The molecule has 2 atom stereocenters. The van der Waals surface area contributed by atoms with Gasteiger partial charge in [-0.3, -0.25) is 29.1 Å². The van der Waals surface area contributed by atoms with Gasteiger partial charge in [0.2, 0.25) is 5.91 Å². The minimum atomic E-state index is -0.746. The molecule has 0 aliphatic carbocycles. The first-order chi connectivity index (χ1) is 16.4. The summed E-state index contributed by atoms with van der Waals surface area (Å²) in [7, 11) is 0. The van der Waals surface area contributed by atoms with E-state index >= 15 is 0 Å². The van der Waals surface area contributed by atoms with Crippen LogP contribution in [0.2, 0.25) is 0 Å². The summed E-state index contributed by atoms with van der Waals surface area (Å²) in [5.74, 6) is -0.0556. The van der Waals surface area contributed by atoms with E-state index in [4.69, 9.17) is 9.47 Å². The van der Waals surface area contributed by atoms with Crippen molar-refractivity contribution >= 4 is 23.8 Å². The summed E-state index contributed by atoms with van der Waals surface area (Å²) in [5.41, 5.74) is 0. The molecule has 5 amide bonds. The van der Waals surface area contributed by atoms with Crippen LogP contribution in [-0.2, 0) is 14.4 Å². The number of carbonyl (C=O) groups is 4. The predicted molar refractivity (Wildman–Crippen MR) is 120 cm³/mol. The fraction of sp³-hybridized carbons (Fsp3) is 0.583. The van der Waals surface area contributed by atoms with Crippen LogP contribution >= 0.6 is 0 Å². The number of piperidine rings is 2. The molecule has 0 N–H and O–H groups in total. The number of carbonyl (C=O) groups excluding carboxylic acids is 4. The number of ether oxygens (including phenoxy) is 2. The van der Waals surface area contributed by atoms with Crippen molar-refractivity contribution in [3.05, 3.63) is 24.3 Å². The Hall–Kier alpha value is -3.14. The van der Waals surface area contributed by atoms with Gasteiger partial charge in [-0.25, -0.2) is 4.79 Å². The van der Waals surface area contributed by atoms with Gasteiger partial charge in [-0.2, -0.15) is 0 Å². The molecule has 182 valence electrons. The van der Waals surface area contributed by atoms with Gasteiger partial charge in [0.15, 0.2) is 11.5 Å². The van der Waals surface area contributed by atoms with Crippen LogP contribution in [0.4, 0.5) is 4.79 Å². The van der Waals surface area contributed by atoms with E-state index in [9.17, 15) is 19.2 Å². The first-order valence-electron chi connectivity index (χ1n) is 12.0. The van der Waals surface area contributed by atoms with Crippen LogP contribution in [0.1, 0.15) is 32.6 Å². The average molecular weight is 471 g/mol. The second kappa shape index (κ2) is 9.25. The van der Waals surface area contributed by atoms with Crippen LogP contribution in [0, 0.1) is 0 Å². The van der Waals surface area contributed by atoms with Crippen molar-refractivity contribution in [3.8, 4) is 11.5 Å². The second-order valence-electron chi connectivity index (χ2n) is 9.42. The number of para-hydroxylation sites is 2. The number of imide groups is 2. The zero-order valence-electron chi connectivity index (χ0n) is 19.4. The highest BCUT2D eigenvalue weighted by Crippen LogP contribution is 2.32. The predicted octanol–water partition coefficient (Wildman–Crippen LogP) is 1.09. The van der Waals surface area contributed by atoms with E-state index < -0.39 is 17.8 Å². The zero-order valence-corrected chi connectivity index (χ0v) is 19.4. The highest BCUT2D eigenvalue weighted by Gasteiger charge is 2.51. The van der Waals surface area contributed by atoms with Crippen LogP contribution < -0.4 is 9.47 Å². The van der Waals surface area contributed by atoms with E-state index in [-0.39, 0.29) is 24.1 Å². The Morgan fingerprint density at radius 2 is 1.62 bits per heavy atom. The molecular weight excluding hydrogens is 440 g/mol. The quantitative estimate of drug-likeness (QED) is 0.480. The molecule has 0 radical (unpaired) electrons. The van der Waals surface area contributed by atoms with E-state index in [0.29, 0.717) is 57.8 Å². The number of amides is 5. The first kappa shape index (κ1) is 22.6. The molecular formula is C24H30N4O6. The molecule has 1 aromatic rings. The van der Waals surface area contributed by atoms with Gasteiger partial charge in [0, 0.05) is 39.1 Å². The topological polar surface area (TPSA) is 99.7 Å². The summed E-state index contributed by atoms with van der Waals surface area (Å²) < 4.78 is 11.9. The van der Waals surface area contributed by atoms with Gasteiger partial charge in [0.25, 0.3) is 0 Å². The Kier molecular flexibility index (Phi) is 6.16. The summed E-state index contributed by atoms with van der Waals surface area (Å²) in [6.45, 7) is 4.85. The van der Waals surface area contributed by atoms with Crippen molar-refractivity contribution in [2.24, 2.45) is 0 Å². The molecule has 10 heteroatoms. The highest BCUT2D eigenvalue weighted by atomic mass is 16.6. The SMILES string of the molecule is CC(=O)N1CCC(N2C(=O)C(=O)N(C3CCCN(CC4COc5ccccc5O4)C3)C2=O)CC1. The smallest absolute Gasteiger partial charge is 0.334 e. The lowest BCUT2D eigenvalue weighted by Crippen LogP contribution is -2.54. The lowest BCUT2D eigenvalue weighted by atomic mass is 10.0. The summed E-state index contributed by atoms with van der Waals surface area (Å²) >= 11 is 0. The standard InChI is InChI=1S/C24H30N4O6/c1-16(29)26-11-8-17(9-12-26)27-22(30)23(31)28(24(27)32)18-5-4-10-25(13-18)14-19-15-33-20-6-2-3-7-21(20)34-19/h2-3,6-7,17-19H,4-5,8-15H2,1H3. The van der Waals surface area contributed by atoms with Crippen molar-refractivity contribution in [1.29, 1.82) is 0 Å². The number of likely N-dealkylation sites (tertiary alicyclic amines) is 2. The molecule has 0 spiro atoms. The Bertz CT molecular complexity index is 991.